The van der Waals surface area contributed by atoms with E-state index in [0.29, 0.717) is 12.7 Å². The average Bonchev–Trinajstić information content (AvgIpc) is 2.27. The monoisotopic (exact) mass is 226 g/mol. The molecule has 1 aromatic rings. The van der Waals surface area contributed by atoms with Crippen LogP contribution in [0.15, 0.2) is 18.2 Å². The van der Waals surface area contributed by atoms with Gasteiger partial charge in [0.2, 0.25) is 0 Å². The molecule has 0 aromatic heterocycles. The number of rotatable bonds is 5. The third-order valence-electron chi connectivity index (χ3n) is 1.78. The Bertz CT molecular complexity index is 390. The normalized spacial score (nSPS) is 9.62. The SMILES string of the molecule is CCCC(=O)OOc1cc(F)ccc1C=O. The van der Waals surface area contributed by atoms with Crippen LogP contribution < -0.4 is 4.89 Å². The van der Waals surface area contributed by atoms with Crippen LogP contribution in [0.25, 0.3) is 0 Å². The standard InChI is InChI=1S/C11H11FO4/c1-2-3-11(14)16-15-10-6-9(12)5-4-8(10)7-13/h4-7H,2-3H2,1H3. The molecule has 0 saturated carbocycles. The molecule has 1 aromatic carbocycles. The maximum Gasteiger partial charge on any atom is 0.355 e. The Balaban J connectivity index is 2.68. The van der Waals surface area contributed by atoms with E-state index < -0.39 is 11.8 Å². The van der Waals surface area contributed by atoms with Crippen molar-refractivity contribution in [1.29, 1.82) is 0 Å². The molecular weight excluding hydrogens is 215 g/mol. The van der Waals surface area contributed by atoms with Crippen LogP contribution in [0.5, 0.6) is 5.75 Å². The highest BCUT2D eigenvalue weighted by Crippen LogP contribution is 2.18. The zero-order valence-corrected chi connectivity index (χ0v) is 8.73. The molecule has 0 aliphatic carbocycles. The maximum absolute atomic E-state index is 12.8. The minimum Gasteiger partial charge on any atom is -0.298 e. The molecule has 0 aliphatic heterocycles. The van der Waals surface area contributed by atoms with Crippen molar-refractivity contribution in [3.8, 4) is 5.75 Å². The van der Waals surface area contributed by atoms with E-state index in [1.165, 1.54) is 6.07 Å². The Morgan fingerprint density at radius 2 is 2.25 bits per heavy atom. The second-order valence-electron chi connectivity index (χ2n) is 3.09. The van der Waals surface area contributed by atoms with Crippen LogP contribution >= 0.6 is 0 Å². The molecule has 86 valence electrons. The van der Waals surface area contributed by atoms with Crippen LogP contribution in [0.1, 0.15) is 30.1 Å². The molecule has 0 bridgehead atoms. The van der Waals surface area contributed by atoms with Gasteiger partial charge in [-0.1, -0.05) is 6.92 Å². The van der Waals surface area contributed by atoms with Gasteiger partial charge < -0.3 is 0 Å². The molecule has 5 heteroatoms. The lowest BCUT2D eigenvalue weighted by molar-refractivity contribution is -0.213. The summed E-state index contributed by atoms with van der Waals surface area (Å²) in [5.74, 6) is -1.25. The van der Waals surface area contributed by atoms with Crippen molar-refractivity contribution < 1.29 is 23.8 Å². The molecule has 0 saturated heterocycles. The number of aldehydes is 1. The van der Waals surface area contributed by atoms with E-state index in [9.17, 15) is 14.0 Å². The minimum absolute atomic E-state index is 0.112. The fourth-order valence-corrected chi connectivity index (χ4v) is 1.01. The van der Waals surface area contributed by atoms with Crippen molar-refractivity contribution in [2.24, 2.45) is 0 Å². The molecule has 16 heavy (non-hydrogen) atoms. The second kappa shape index (κ2) is 5.85. The van der Waals surface area contributed by atoms with Gasteiger partial charge in [-0.25, -0.2) is 9.18 Å². The van der Waals surface area contributed by atoms with Crippen LogP contribution in [0.4, 0.5) is 4.39 Å². The van der Waals surface area contributed by atoms with Crippen molar-refractivity contribution in [2.45, 2.75) is 19.8 Å². The molecule has 0 unspecified atom stereocenters. The predicted molar refractivity (Wildman–Crippen MR) is 53.4 cm³/mol. The molecule has 0 amide bonds. The molecule has 0 aliphatic rings. The summed E-state index contributed by atoms with van der Waals surface area (Å²) in [6, 6.07) is 3.33. The van der Waals surface area contributed by atoms with E-state index in [4.69, 9.17) is 0 Å². The molecule has 0 radical (unpaired) electrons. The van der Waals surface area contributed by atoms with Gasteiger partial charge in [-0.15, -0.1) is 0 Å². The van der Waals surface area contributed by atoms with Gasteiger partial charge in [0.25, 0.3) is 0 Å². The van der Waals surface area contributed by atoms with E-state index in [0.717, 1.165) is 12.1 Å². The van der Waals surface area contributed by atoms with Crippen molar-refractivity contribution >= 4 is 12.3 Å². The second-order valence-corrected chi connectivity index (χ2v) is 3.09. The summed E-state index contributed by atoms with van der Waals surface area (Å²) in [5, 5.41) is 0. The number of benzene rings is 1. The quantitative estimate of drug-likeness (QED) is 0.439. The van der Waals surface area contributed by atoms with E-state index in [2.05, 4.69) is 9.78 Å². The van der Waals surface area contributed by atoms with E-state index in [-0.39, 0.29) is 17.7 Å². The van der Waals surface area contributed by atoms with E-state index >= 15 is 0 Å². The fourth-order valence-electron chi connectivity index (χ4n) is 1.01. The average molecular weight is 226 g/mol. The largest absolute Gasteiger partial charge is 0.355 e. The van der Waals surface area contributed by atoms with Crippen LogP contribution in [0, 0.1) is 5.82 Å². The van der Waals surface area contributed by atoms with Crippen molar-refractivity contribution in [3.05, 3.63) is 29.6 Å². The smallest absolute Gasteiger partial charge is 0.298 e. The number of hydrogen-bond donors (Lipinski definition) is 0. The summed E-state index contributed by atoms with van der Waals surface area (Å²) in [5.41, 5.74) is 0.116. The lowest BCUT2D eigenvalue weighted by Crippen LogP contribution is -2.08. The number of carbonyl (C=O) groups is 2. The highest BCUT2D eigenvalue weighted by molar-refractivity contribution is 5.79. The van der Waals surface area contributed by atoms with Crippen molar-refractivity contribution in [3.63, 3.8) is 0 Å². The molecule has 0 heterocycles. The Hall–Kier alpha value is -1.91. The van der Waals surface area contributed by atoms with Crippen molar-refractivity contribution in [1.82, 2.24) is 0 Å². The minimum atomic E-state index is -0.577. The molecule has 4 nitrogen and oxygen atoms in total. The summed E-state index contributed by atoms with van der Waals surface area (Å²) >= 11 is 0. The first-order valence-corrected chi connectivity index (χ1v) is 4.79. The van der Waals surface area contributed by atoms with Gasteiger partial charge in [0.05, 0.1) is 5.56 Å². The van der Waals surface area contributed by atoms with Gasteiger partial charge in [-0.3, -0.25) is 14.6 Å². The predicted octanol–water partition coefficient (Wildman–Crippen LogP) is 2.28. The van der Waals surface area contributed by atoms with Crippen molar-refractivity contribution in [2.75, 3.05) is 0 Å². The highest BCUT2D eigenvalue weighted by Gasteiger charge is 2.09. The van der Waals surface area contributed by atoms with Gasteiger partial charge in [0.1, 0.15) is 5.82 Å². The summed E-state index contributed by atoms with van der Waals surface area (Å²) < 4.78 is 12.8. The number of carbonyl (C=O) groups excluding carboxylic acids is 2. The van der Waals surface area contributed by atoms with Crippen LogP contribution in [-0.4, -0.2) is 12.3 Å². The first kappa shape index (κ1) is 12.2. The summed E-state index contributed by atoms with van der Waals surface area (Å²) in [6.45, 7) is 1.81. The zero-order valence-electron chi connectivity index (χ0n) is 8.73. The Morgan fingerprint density at radius 1 is 1.50 bits per heavy atom. The Morgan fingerprint density at radius 3 is 2.88 bits per heavy atom. The number of halogens is 1. The molecule has 0 atom stereocenters. The first-order valence-electron chi connectivity index (χ1n) is 4.79. The van der Waals surface area contributed by atoms with Gasteiger partial charge in [-0.2, -0.15) is 0 Å². The Labute approximate surface area is 91.9 Å². The molecule has 0 spiro atoms. The first-order chi connectivity index (χ1) is 7.67. The molecule has 0 fully saturated rings. The Kier molecular flexibility index (Phi) is 4.44. The van der Waals surface area contributed by atoms with Gasteiger partial charge in [0.15, 0.2) is 12.0 Å². The van der Waals surface area contributed by atoms with Crippen LogP contribution in [-0.2, 0) is 9.68 Å². The molecule has 1 rings (SSSR count). The third-order valence-corrected chi connectivity index (χ3v) is 1.78. The lowest BCUT2D eigenvalue weighted by atomic mass is 10.2. The summed E-state index contributed by atoms with van der Waals surface area (Å²) in [4.78, 5) is 30.5. The van der Waals surface area contributed by atoms with Crippen LogP contribution in [0.3, 0.4) is 0 Å². The lowest BCUT2D eigenvalue weighted by Gasteiger charge is -2.05. The zero-order chi connectivity index (χ0) is 12.0. The maximum atomic E-state index is 12.8. The molecule has 0 N–H and O–H groups in total. The summed E-state index contributed by atoms with van der Waals surface area (Å²) in [7, 11) is 0. The third kappa shape index (κ3) is 3.34. The van der Waals surface area contributed by atoms with E-state index in [1.54, 1.807) is 6.92 Å². The highest BCUT2D eigenvalue weighted by atomic mass is 19.1. The van der Waals surface area contributed by atoms with Gasteiger partial charge >= 0.3 is 5.97 Å². The van der Waals surface area contributed by atoms with Gasteiger partial charge in [-0.05, 0) is 18.6 Å². The van der Waals surface area contributed by atoms with Gasteiger partial charge in [0, 0.05) is 12.5 Å². The summed E-state index contributed by atoms with van der Waals surface area (Å²) in [6.07, 6.45) is 1.31. The van der Waals surface area contributed by atoms with Crippen LogP contribution in [0.2, 0.25) is 0 Å². The number of hydrogen-bond acceptors (Lipinski definition) is 4. The fraction of sp³-hybridized carbons (Fsp3) is 0.273. The van der Waals surface area contributed by atoms with E-state index in [1.807, 2.05) is 0 Å². The molecular formula is C11H11FO4. The topological polar surface area (TPSA) is 52.6 Å².